The van der Waals surface area contributed by atoms with Crippen LogP contribution < -0.4 is 15.4 Å². The van der Waals surface area contributed by atoms with Crippen LogP contribution in [0.1, 0.15) is 25.8 Å². The van der Waals surface area contributed by atoms with E-state index in [1.807, 2.05) is 17.7 Å². The van der Waals surface area contributed by atoms with Crippen molar-refractivity contribution in [2.45, 2.75) is 37.8 Å². The number of nitriles is 1. The molecule has 3 N–H and O–H groups in total. The number of nitrogens with one attached hydrogen (secondary N) is 3. The quantitative estimate of drug-likeness (QED) is 0.465. The van der Waals surface area contributed by atoms with Gasteiger partial charge in [-0.05, 0) is 30.5 Å². The van der Waals surface area contributed by atoms with Gasteiger partial charge in [0, 0.05) is 18.7 Å². The number of rotatable bonds is 10. The molecule has 1 unspecified atom stereocenters. The predicted molar refractivity (Wildman–Crippen MR) is 119 cm³/mol. The Kier molecular flexibility index (Phi) is 9.19. The van der Waals surface area contributed by atoms with E-state index in [0.717, 1.165) is 5.56 Å². The van der Waals surface area contributed by atoms with E-state index in [2.05, 4.69) is 10.6 Å². The minimum Gasteiger partial charge on any atom is -0.464 e. The van der Waals surface area contributed by atoms with E-state index in [-0.39, 0.29) is 18.0 Å². The second kappa shape index (κ2) is 11.8. The number of carbonyl (C=O) groups excluding carboxylic acids is 2. The molecule has 2 aromatic carbocycles. The zero-order valence-electron chi connectivity index (χ0n) is 17.9. The molecule has 0 aliphatic carbocycles. The number of carbonyl (C=O) groups is 2. The average molecular weight is 459 g/mol. The number of amides is 2. The number of urea groups is 1. The Morgan fingerprint density at radius 3 is 2.41 bits per heavy atom. The molecule has 0 radical (unpaired) electrons. The molecule has 0 fully saturated rings. The van der Waals surface area contributed by atoms with Gasteiger partial charge in [-0.25, -0.2) is 22.7 Å². The van der Waals surface area contributed by atoms with E-state index < -0.39 is 28.1 Å². The van der Waals surface area contributed by atoms with Gasteiger partial charge in [0.1, 0.15) is 0 Å². The molecule has 2 aromatic rings. The highest BCUT2D eigenvalue weighted by molar-refractivity contribution is 7.90. The predicted octanol–water partition coefficient (Wildman–Crippen LogP) is 2.30. The van der Waals surface area contributed by atoms with Crippen LogP contribution in [-0.4, -0.2) is 39.6 Å². The summed E-state index contributed by atoms with van der Waals surface area (Å²) < 4.78 is 32.3. The van der Waals surface area contributed by atoms with Crippen LogP contribution in [0, 0.1) is 11.3 Å². The van der Waals surface area contributed by atoms with Crippen LogP contribution in [0.2, 0.25) is 0 Å². The van der Waals surface area contributed by atoms with Gasteiger partial charge in [0.15, 0.2) is 6.04 Å². The standard InChI is InChI=1S/C22H26N4O5S/c1-3-13-24-22(28)26-32(29,30)20-8-6-5-7-18(20)17-11-9-16(10-12-17)15-25-19(14-23)21(27)31-4-2/h5-12,19,25H,3-4,13,15H2,1-2H3,(H2,24,26,28). The molecule has 0 aliphatic heterocycles. The van der Waals surface area contributed by atoms with Crippen molar-refractivity contribution in [3.05, 3.63) is 54.1 Å². The zero-order chi connectivity index (χ0) is 23.6. The fraction of sp³-hybridized carbons (Fsp3) is 0.318. The van der Waals surface area contributed by atoms with Crippen LogP contribution in [0.3, 0.4) is 0 Å². The van der Waals surface area contributed by atoms with E-state index in [0.29, 0.717) is 24.1 Å². The lowest BCUT2D eigenvalue weighted by molar-refractivity contribution is -0.144. The molecule has 0 heterocycles. The van der Waals surface area contributed by atoms with Crippen molar-refractivity contribution in [1.29, 1.82) is 5.26 Å². The number of esters is 1. The van der Waals surface area contributed by atoms with Crippen molar-refractivity contribution in [3.8, 4) is 17.2 Å². The Hall–Kier alpha value is -3.42. The van der Waals surface area contributed by atoms with Crippen LogP contribution >= 0.6 is 0 Å². The van der Waals surface area contributed by atoms with Crippen molar-refractivity contribution in [2.75, 3.05) is 13.2 Å². The summed E-state index contributed by atoms with van der Waals surface area (Å²) in [6.07, 6.45) is 0.681. The SMILES string of the molecule is CCCNC(=O)NS(=O)(=O)c1ccccc1-c1ccc(CNC(C#N)C(=O)OCC)cc1. The molecular formula is C22H26N4O5S. The third kappa shape index (κ3) is 6.80. The van der Waals surface area contributed by atoms with Crippen molar-refractivity contribution >= 4 is 22.0 Å². The molecular weight excluding hydrogens is 432 g/mol. The normalized spacial score (nSPS) is 11.8. The largest absolute Gasteiger partial charge is 0.464 e. The molecule has 32 heavy (non-hydrogen) atoms. The molecule has 0 aliphatic rings. The number of hydrogen-bond acceptors (Lipinski definition) is 7. The third-order valence-corrected chi connectivity index (χ3v) is 5.75. The van der Waals surface area contributed by atoms with Crippen LogP contribution in [-0.2, 0) is 26.1 Å². The van der Waals surface area contributed by atoms with Gasteiger partial charge in [-0.15, -0.1) is 0 Å². The molecule has 0 spiro atoms. The van der Waals surface area contributed by atoms with Crippen LogP contribution in [0.15, 0.2) is 53.4 Å². The first-order chi connectivity index (χ1) is 15.3. The van der Waals surface area contributed by atoms with Crippen molar-refractivity contribution in [2.24, 2.45) is 0 Å². The first-order valence-corrected chi connectivity index (χ1v) is 11.6. The summed E-state index contributed by atoms with van der Waals surface area (Å²) in [5.41, 5.74) is 1.85. The number of sulfonamides is 1. The molecule has 9 nitrogen and oxygen atoms in total. The van der Waals surface area contributed by atoms with Gasteiger partial charge in [0.25, 0.3) is 10.0 Å². The van der Waals surface area contributed by atoms with Gasteiger partial charge in [-0.1, -0.05) is 49.4 Å². The molecule has 0 saturated carbocycles. The maximum Gasteiger partial charge on any atom is 0.337 e. The Labute approximate surface area is 187 Å². The fourth-order valence-electron chi connectivity index (χ4n) is 2.82. The van der Waals surface area contributed by atoms with E-state index in [4.69, 9.17) is 10.00 Å². The molecule has 10 heteroatoms. The van der Waals surface area contributed by atoms with Gasteiger partial charge in [0.2, 0.25) is 0 Å². The second-order valence-electron chi connectivity index (χ2n) is 6.75. The Balaban J connectivity index is 2.18. The third-order valence-electron chi connectivity index (χ3n) is 4.37. The Morgan fingerprint density at radius 2 is 1.78 bits per heavy atom. The average Bonchev–Trinajstić information content (AvgIpc) is 2.78. The molecule has 0 bridgehead atoms. The summed E-state index contributed by atoms with van der Waals surface area (Å²) >= 11 is 0. The number of ether oxygens (including phenoxy) is 1. The van der Waals surface area contributed by atoms with Gasteiger partial charge in [-0.2, -0.15) is 5.26 Å². The lowest BCUT2D eigenvalue weighted by atomic mass is 10.0. The Morgan fingerprint density at radius 1 is 1.09 bits per heavy atom. The first kappa shape index (κ1) is 24.8. The second-order valence-corrected chi connectivity index (χ2v) is 8.40. The zero-order valence-corrected chi connectivity index (χ0v) is 18.7. The first-order valence-electron chi connectivity index (χ1n) is 10.1. The molecule has 2 rings (SSSR count). The van der Waals surface area contributed by atoms with Crippen LogP contribution in [0.5, 0.6) is 0 Å². The summed E-state index contributed by atoms with van der Waals surface area (Å²) in [6.45, 7) is 4.32. The van der Waals surface area contributed by atoms with Crippen LogP contribution in [0.25, 0.3) is 11.1 Å². The van der Waals surface area contributed by atoms with E-state index >= 15 is 0 Å². The fourth-order valence-corrected chi connectivity index (χ4v) is 3.98. The smallest absolute Gasteiger partial charge is 0.337 e. The Bertz CT molecular complexity index is 1080. The number of hydrogen-bond donors (Lipinski definition) is 3. The molecule has 2 amide bonds. The summed E-state index contributed by atoms with van der Waals surface area (Å²) in [7, 11) is -4.08. The van der Waals surface area contributed by atoms with E-state index in [9.17, 15) is 18.0 Å². The van der Waals surface area contributed by atoms with E-state index in [1.165, 1.54) is 6.07 Å². The molecule has 0 saturated heterocycles. The van der Waals surface area contributed by atoms with Gasteiger partial charge >= 0.3 is 12.0 Å². The van der Waals surface area contributed by atoms with Crippen molar-refractivity contribution in [3.63, 3.8) is 0 Å². The highest BCUT2D eigenvalue weighted by Gasteiger charge is 2.22. The van der Waals surface area contributed by atoms with Crippen molar-refractivity contribution in [1.82, 2.24) is 15.4 Å². The minimum atomic E-state index is -4.08. The van der Waals surface area contributed by atoms with Gasteiger partial charge < -0.3 is 10.1 Å². The summed E-state index contributed by atoms with van der Waals surface area (Å²) in [4.78, 5) is 23.5. The van der Waals surface area contributed by atoms with E-state index in [1.54, 1.807) is 49.4 Å². The summed E-state index contributed by atoms with van der Waals surface area (Å²) in [5.74, 6) is -0.638. The van der Waals surface area contributed by atoms with Crippen molar-refractivity contribution < 1.29 is 22.7 Å². The van der Waals surface area contributed by atoms with Gasteiger partial charge in [0.05, 0.1) is 17.6 Å². The lowest BCUT2D eigenvalue weighted by Gasteiger charge is -2.13. The molecule has 0 aromatic heterocycles. The number of nitrogens with zero attached hydrogens (tertiary/aromatic N) is 1. The monoisotopic (exact) mass is 458 g/mol. The van der Waals surface area contributed by atoms with Gasteiger partial charge in [-0.3, -0.25) is 5.32 Å². The molecule has 170 valence electrons. The lowest BCUT2D eigenvalue weighted by Crippen LogP contribution is -2.39. The maximum atomic E-state index is 12.7. The summed E-state index contributed by atoms with van der Waals surface area (Å²) in [5, 5.41) is 14.4. The topological polar surface area (TPSA) is 137 Å². The number of benzene rings is 2. The van der Waals surface area contributed by atoms with Crippen LogP contribution in [0.4, 0.5) is 4.79 Å². The minimum absolute atomic E-state index is 0.0237. The highest BCUT2D eigenvalue weighted by Crippen LogP contribution is 2.27. The summed E-state index contributed by atoms with van der Waals surface area (Å²) in [6, 6.07) is 13.3. The highest BCUT2D eigenvalue weighted by atomic mass is 32.2. The molecule has 1 atom stereocenters. The maximum absolute atomic E-state index is 12.7.